The van der Waals surface area contributed by atoms with E-state index in [-0.39, 0.29) is 6.61 Å². The molecule has 1 aromatic carbocycles. The smallest absolute Gasteiger partial charge is 0.143 e. The molecule has 0 bridgehead atoms. The van der Waals surface area contributed by atoms with E-state index in [1.807, 2.05) is 24.3 Å². The Bertz CT molecular complexity index is 485. The van der Waals surface area contributed by atoms with Crippen molar-refractivity contribution in [3.8, 4) is 5.75 Å². The maximum atomic E-state index is 9.14. The molecule has 0 saturated heterocycles. The average molecular weight is 294 g/mol. The minimum Gasteiger partial charge on any atom is -0.487 e. The molecule has 4 heteroatoms. The number of nitrogens with zero attached hydrogens (tertiary/aromatic N) is 1. The lowest BCUT2D eigenvalue weighted by atomic mass is 10.2. The van der Waals surface area contributed by atoms with E-state index < -0.39 is 0 Å². The Morgan fingerprint density at radius 1 is 1.18 bits per heavy atom. The highest BCUT2D eigenvalue weighted by Crippen LogP contribution is 2.18. The van der Waals surface area contributed by atoms with Crippen LogP contribution in [0.4, 0.5) is 0 Å². The molecule has 0 spiro atoms. The van der Waals surface area contributed by atoms with Crippen molar-refractivity contribution in [1.29, 1.82) is 0 Å². The van der Waals surface area contributed by atoms with Gasteiger partial charge in [0.25, 0.3) is 0 Å². The highest BCUT2D eigenvalue weighted by Gasteiger charge is 2.02. The summed E-state index contributed by atoms with van der Waals surface area (Å²) in [6.07, 6.45) is 3.25. The number of aromatic nitrogens is 1. The summed E-state index contributed by atoms with van der Waals surface area (Å²) in [7, 11) is 0. The van der Waals surface area contributed by atoms with Crippen LogP contribution in [0, 0.1) is 0 Å². The van der Waals surface area contributed by atoms with Gasteiger partial charge in [-0.2, -0.15) is 0 Å². The molecule has 1 heterocycles. The molecule has 3 nitrogen and oxygen atoms in total. The zero-order chi connectivity index (χ0) is 12.1. The van der Waals surface area contributed by atoms with E-state index >= 15 is 0 Å². The Morgan fingerprint density at radius 2 is 1.94 bits per heavy atom. The zero-order valence-corrected chi connectivity index (χ0v) is 10.7. The summed E-state index contributed by atoms with van der Waals surface area (Å²) >= 11 is 3.38. The Kier molecular flexibility index (Phi) is 4.12. The minimum atomic E-state index is -0.0435. The van der Waals surface area contributed by atoms with E-state index in [9.17, 15) is 0 Å². The van der Waals surface area contributed by atoms with Gasteiger partial charge in [0.2, 0.25) is 0 Å². The second-order valence-electron chi connectivity index (χ2n) is 3.56. The van der Waals surface area contributed by atoms with Crippen molar-refractivity contribution in [3.05, 3.63) is 58.3 Å². The van der Waals surface area contributed by atoms with Gasteiger partial charge in [-0.15, -0.1) is 0 Å². The van der Waals surface area contributed by atoms with Crippen molar-refractivity contribution in [3.63, 3.8) is 0 Å². The number of hydrogen-bond acceptors (Lipinski definition) is 3. The third-order valence-electron chi connectivity index (χ3n) is 2.35. The van der Waals surface area contributed by atoms with Crippen molar-refractivity contribution in [2.75, 3.05) is 0 Å². The first-order chi connectivity index (χ1) is 8.29. The summed E-state index contributed by atoms with van der Waals surface area (Å²) in [6, 6.07) is 9.65. The van der Waals surface area contributed by atoms with Crippen LogP contribution in [0.5, 0.6) is 5.75 Å². The van der Waals surface area contributed by atoms with E-state index in [0.717, 1.165) is 15.6 Å². The topological polar surface area (TPSA) is 42.4 Å². The van der Waals surface area contributed by atoms with Crippen molar-refractivity contribution >= 4 is 15.9 Å². The summed E-state index contributed by atoms with van der Waals surface area (Å²) in [4.78, 5) is 3.98. The van der Waals surface area contributed by atoms with Gasteiger partial charge in [0.15, 0.2) is 0 Å². The van der Waals surface area contributed by atoms with Crippen LogP contribution in [0.15, 0.2) is 47.2 Å². The van der Waals surface area contributed by atoms with Crippen LogP contribution < -0.4 is 4.74 Å². The summed E-state index contributed by atoms with van der Waals surface area (Å²) < 4.78 is 6.66. The van der Waals surface area contributed by atoms with E-state index in [0.29, 0.717) is 12.4 Å². The van der Waals surface area contributed by atoms with Crippen molar-refractivity contribution in [1.82, 2.24) is 4.98 Å². The maximum absolute atomic E-state index is 9.14. The molecule has 0 saturated carbocycles. The quantitative estimate of drug-likeness (QED) is 0.942. The molecule has 0 aliphatic carbocycles. The molecule has 0 atom stereocenters. The Balaban J connectivity index is 2.04. The predicted molar refractivity (Wildman–Crippen MR) is 68.6 cm³/mol. The SMILES string of the molecule is OCc1ccncc1OCc1ccc(Br)cc1. The Labute approximate surface area is 108 Å². The summed E-state index contributed by atoms with van der Waals surface area (Å²) in [6.45, 7) is 0.421. The van der Waals surface area contributed by atoms with Gasteiger partial charge in [0.05, 0.1) is 12.8 Å². The van der Waals surface area contributed by atoms with Crippen molar-refractivity contribution in [2.45, 2.75) is 13.2 Å². The first kappa shape index (κ1) is 12.1. The largest absolute Gasteiger partial charge is 0.487 e. The highest BCUT2D eigenvalue weighted by molar-refractivity contribution is 9.10. The van der Waals surface area contributed by atoms with Gasteiger partial charge in [-0.25, -0.2) is 0 Å². The van der Waals surface area contributed by atoms with E-state index in [2.05, 4.69) is 20.9 Å². The van der Waals surface area contributed by atoms with Gasteiger partial charge in [-0.3, -0.25) is 4.98 Å². The number of ether oxygens (including phenoxy) is 1. The molecule has 2 rings (SSSR count). The molecule has 1 aromatic heterocycles. The van der Waals surface area contributed by atoms with E-state index in [4.69, 9.17) is 9.84 Å². The minimum absolute atomic E-state index is 0.0435. The molecule has 17 heavy (non-hydrogen) atoms. The summed E-state index contributed by atoms with van der Waals surface area (Å²) in [5, 5.41) is 9.14. The summed E-state index contributed by atoms with van der Waals surface area (Å²) in [5.74, 6) is 0.623. The highest BCUT2D eigenvalue weighted by atomic mass is 79.9. The molecule has 0 aliphatic rings. The Hall–Kier alpha value is -1.39. The van der Waals surface area contributed by atoms with Gasteiger partial charge < -0.3 is 9.84 Å². The van der Waals surface area contributed by atoms with Crippen LogP contribution >= 0.6 is 15.9 Å². The fourth-order valence-electron chi connectivity index (χ4n) is 1.41. The van der Waals surface area contributed by atoms with Crippen molar-refractivity contribution in [2.24, 2.45) is 0 Å². The van der Waals surface area contributed by atoms with Crippen molar-refractivity contribution < 1.29 is 9.84 Å². The molecule has 0 unspecified atom stereocenters. The normalized spacial score (nSPS) is 10.2. The molecule has 0 radical (unpaired) electrons. The molecule has 1 N–H and O–H groups in total. The molecule has 0 amide bonds. The number of aliphatic hydroxyl groups is 1. The van der Waals surface area contributed by atoms with E-state index in [1.165, 1.54) is 0 Å². The monoisotopic (exact) mass is 293 g/mol. The average Bonchev–Trinajstić information content (AvgIpc) is 2.38. The molecular formula is C13H12BrNO2. The van der Waals surface area contributed by atoms with Gasteiger partial charge >= 0.3 is 0 Å². The molecular weight excluding hydrogens is 282 g/mol. The zero-order valence-electron chi connectivity index (χ0n) is 9.14. The lowest BCUT2D eigenvalue weighted by Gasteiger charge is -2.09. The lowest BCUT2D eigenvalue weighted by molar-refractivity contribution is 0.258. The fourth-order valence-corrected chi connectivity index (χ4v) is 1.68. The fraction of sp³-hybridized carbons (Fsp3) is 0.154. The third-order valence-corrected chi connectivity index (χ3v) is 2.88. The molecule has 0 fully saturated rings. The number of halogens is 1. The van der Waals surface area contributed by atoms with Crippen LogP contribution in [-0.2, 0) is 13.2 Å². The second kappa shape index (κ2) is 5.80. The number of pyridine rings is 1. The summed E-state index contributed by atoms with van der Waals surface area (Å²) in [5.41, 5.74) is 1.82. The standard InChI is InChI=1S/C13H12BrNO2/c14-12-3-1-10(2-4-12)9-17-13-7-15-6-5-11(13)8-16/h1-7,16H,8-9H2. The van der Waals surface area contributed by atoms with Crippen LogP contribution in [0.25, 0.3) is 0 Å². The van der Waals surface area contributed by atoms with Crippen LogP contribution in [0.3, 0.4) is 0 Å². The Morgan fingerprint density at radius 3 is 2.65 bits per heavy atom. The number of hydrogen-bond donors (Lipinski definition) is 1. The molecule has 88 valence electrons. The van der Waals surface area contributed by atoms with Crippen LogP contribution in [-0.4, -0.2) is 10.1 Å². The van der Waals surface area contributed by atoms with Crippen LogP contribution in [0.2, 0.25) is 0 Å². The molecule has 2 aromatic rings. The number of benzene rings is 1. The third kappa shape index (κ3) is 3.28. The molecule has 0 aliphatic heterocycles. The van der Waals surface area contributed by atoms with E-state index in [1.54, 1.807) is 18.5 Å². The van der Waals surface area contributed by atoms with Gasteiger partial charge in [0, 0.05) is 16.2 Å². The van der Waals surface area contributed by atoms with Gasteiger partial charge in [-0.05, 0) is 23.8 Å². The predicted octanol–water partition coefficient (Wildman–Crippen LogP) is 2.92. The van der Waals surface area contributed by atoms with Gasteiger partial charge in [0.1, 0.15) is 12.4 Å². The van der Waals surface area contributed by atoms with Crippen LogP contribution in [0.1, 0.15) is 11.1 Å². The second-order valence-corrected chi connectivity index (χ2v) is 4.47. The first-order valence-corrected chi connectivity index (χ1v) is 6.00. The maximum Gasteiger partial charge on any atom is 0.143 e. The number of aliphatic hydroxyl groups excluding tert-OH is 1. The number of rotatable bonds is 4. The first-order valence-electron chi connectivity index (χ1n) is 5.20. The lowest BCUT2D eigenvalue weighted by Crippen LogP contribution is -1.99. The van der Waals surface area contributed by atoms with Gasteiger partial charge in [-0.1, -0.05) is 28.1 Å².